The Labute approximate surface area is 104 Å². The third-order valence-corrected chi connectivity index (χ3v) is 3.29. The van der Waals surface area contributed by atoms with Crippen LogP contribution >= 0.6 is 0 Å². The molecule has 3 rings (SSSR count). The van der Waals surface area contributed by atoms with E-state index in [0.717, 1.165) is 5.56 Å². The van der Waals surface area contributed by atoms with Crippen LogP contribution in [0.2, 0.25) is 0 Å². The summed E-state index contributed by atoms with van der Waals surface area (Å²) >= 11 is 0. The summed E-state index contributed by atoms with van der Waals surface area (Å²) in [7, 11) is 0. The Kier molecular flexibility index (Phi) is 3.30. The lowest BCUT2D eigenvalue weighted by Crippen LogP contribution is -2.56. The summed E-state index contributed by atoms with van der Waals surface area (Å²) in [5, 5.41) is 9.45. The van der Waals surface area contributed by atoms with E-state index in [0.29, 0.717) is 0 Å². The Bertz CT molecular complexity index is 397. The van der Waals surface area contributed by atoms with E-state index in [-0.39, 0.29) is 13.2 Å². The Morgan fingerprint density at radius 1 is 1.11 bits per heavy atom. The van der Waals surface area contributed by atoms with Crippen LogP contribution in [0.25, 0.3) is 0 Å². The predicted molar refractivity (Wildman–Crippen MR) is 60.7 cm³/mol. The van der Waals surface area contributed by atoms with Gasteiger partial charge in [-0.2, -0.15) is 0 Å². The zero-order chi connectivity index (χ0) is 12.5. The monoisotopic (exact) mass is 254 g/mol. The lowest BCUT2D eigenvalue weighted by atomic mass is 10.0. The molecule has 1 N–H and O–H groups in total. The highest BCUT2D eigenvalue weighted by Crippen LogP contribution is 2.33. The highest BCUT2D eigenvalue weighted by Gasteiger charge is 2.45. The average molecular weight is 254 g/mol. The van der Waals surface area contributed by atoms with Gasteiger partial charge in [-0.1, -0.05) is 30.3 Å². The molecule has 4 nitrogen and oxygen atoms in total. The molecule has 2 heterocycles. The van der Waals surface area contributed by atoms with Gasteiger partial charge in [-0.3, -0.25) is 0 Å². The zero-order valence-electron chi connectivity index (χ0n) is 9.74. The maximum Gasteiger partial charge on any atom is 0.184 e. The van der Waals surface area contributed by atoms with Crippen molar-refractivity contribution in [3.8, 4) is 0 Å². The van der Waals surface area contributed by atoms with Gasteiger partial charge in [0.2, 0.25) is 0 Å². The van der Waals surface area contributed by atoms with Crippen molar-refractivity contribution in [2.24, 2.45) is 0 Å². The molecule has 5 heteroatoms. The lowest BCUT2D eigenvalue weighted by Gasteiger charge is -2.42. The molecule has 98 valence electrons. The van der Waals surface area contributed by atoms with E-state index in [1.54, 1.807) is 0 Å². The van der Waals surface area contributed by atoms with E-state index in [1.165, 1.54) is 0 Å². The van der Waals surface area contributed by atoms with E-state index < -0.39 is 30.8 Å². The third-order valence-electron chi connectivity index (χ3n) is 3.29. The number of fused-ring (bicyclic) bond motifs is 1. The Hall–Kier alpha value is -1.01. The zero-order valence-corrected chi connectivity index (χ0v) is 9.74. The fourth-order valence-electron chi connectivity index (χ4n) is 2.29. The molecule has 1 aromatic rings. The summed E-state index contributed by atoms with van der Waals surface area (Å²) in [4.78, 5) is 0. The number of alkyl halides is 1. The molecule has 0 spiro atoms. The molecule has 0 aromatic heterocycles. The molecular weight excluding hydrogens is 239 g/mol. The maximum atomic E-state index is 13.9. The van der Waals surface area contributed by atoms with Gasteiger partial charge in [0.15, 0.2) is 12.5 Å². The first kappa shape index (κ1) is 12.0. The number of halogens is 1. The van der Waals surface area contributed by atoms with Crippen molar-refractivity contribution in [1.29, 1.82) is 0 Å². The van der Waals surface area contributed by atoms with E-state index in [1.807, 2.05) is 30.3 Å². The largest absolute Gasteiger partial charge is 0.388 e. The van der Waals surface area contributed by atoms with Crippen LogP contribution in [0.5, 0.6) is 0 Å². The minimum Gasteiger partial charge on any atom is -0.388 e. The molecular formula is C13H15FO4. The number of hydrogen-bond acceptors (Lipinski definition) is 4. The van der Waals surface area contributed by atoms with Crippen LogP contribution in [0.4, 0.5) is 4.39 Å². The predicted octanol–water partition coefficient (Wildman–Crippen LogP) is 1.20. The number of benzene rings is 1. The highest BCUT2D eigenvalue weighted by molar-refractivity contribution is 5.16. The second-order valence-corrected chi connectivity index (χ2v) is 4.56. The second kappa shape index (κ2) is 4.93. The Morgan fingerprint density at radius 3 is 2.67 bits per heavy atom. The summed E-state index contributed by atoms with van der Waals surface area (Å²) in [6.07, 6.45) is -4.37. The van der Waals surface area contributed by atoms with Gasteiger partial charge in [-0.25, -0.2) is 4.39 Å². The van der Waals surface area contributed by atoms with Gasteiger partial charge in [0, 0.05) is 5.56 Å². The molecule has 0 aliphatic carbocycles. The first-order valence-electron chi connectivity index (χ1n) is 6.01. The summed E-state index contributed by atoms with van der Waals surface area (Å²) < 4.78 is 30.3. The van der Waals surface area contributed by atoms with E-state index >= 15 is 0 Å². The van der Waals surface area contributed by atoms with Gasteiger partial charge in [0.1, 0.15) is 18.3 Å². The summed E-state index contributed by atoms with van der Waals surface area (Å²) in [6, 6.07) is 9.35. The van der Waals surface area contributed by atoms with Crippen molar-refractivity contribution in [1.82, 2.24) is 0 Å². The molecule has 2 saturated heterocycles. The fourth-order valence-corrected chi connectivity index (χ4v) is 2.29. The van der Waals surface area contributed by atoms with Crippen LogP contribution in [-0.4, -0.2) is 42.8 Å². The van der Waals surface area contributed by atoms with Crippen molar-refractivity contribution in [2.45, 2.75) is 30.8 Å². The molecule has 2 aliphatic heterocycles. The molecule has 5 unspecified atom stereocenters. The molecule has 2 aliphatic rings. The molecule has 2 fully saturated rings. The third kappa shape index (κ3) is 2.14. The summed E-state index contributed by atoms with van der Waals surface area (Å²) in [6.45, 7) is 0.266. The smallest absolute Gasteiger partial charge is 0.184 e. The number of rotatable bonds is 1. The second-order valence-electron chi connectivity index (χ2n) is 4.56. The van der Waals surface area contributed by atoms with Crippen LogP contribution < -0.4 is 0 Å². The number of aliphatic hydroxyl groups is 1. The molecule has 1 aromatic carbocycles. The molecule has 0 saturated carbocycles. The van der Waals surface area contributed by atoms with E-state index in [9.17, 15) is 9.50 Å². The normalized spacial score (nSPS) is 40.2. The minimum atomic E-state index is -1.43. The van der Waals surface area contributed by atoms with Crippen molar-refractivity contribution in [3.05, 3.63) is 35.9 Å². The van der Waals surface area contributed by atoms with Crippen molar-refractivity contribution < 1.29 is 23.7 Å². The number of hydrogen-bond donors (Lipinski definition) is 1. The van der Waals surface area contributed by atoms with Crippen LogP contribution in [0.1, 0.15) is 11.9 Å². The first-order valence-corrected chi connectivity index (χ1v) is 6.01. The van der Waals surface area contributed by atoms with Gasteiger partial charge in [0.25, 0.3) is 0 Å². The minimum absolute atomic E-state index is 0.00887. The Morgan fingerprint density at radius 2 is 1.89 bits per heavy atom. The lowest BCUT2D eigenvalue weighted by molar-refractivity contribution is -0.305. The maximum absolute atomic E-state index is 13.9. The quantitative estimate of drug-likeness (QED) is 0.818. The average Bonchev–Trinajstić information content (AvgIpc) is 2.44. The standard InChI is InChI=1S/C13H15FO4/c14-11-9(15)6-16-10-7-17-13(18-12(10)11)8-4-2-1-3-5-8/h1-5,9-13,15H,6-7H2. The summed E-state index contributed by atoms with van der Waals surface area (Å²) in [5.74, 6) is 0. The van der Waals surface area contributed by atoms with E-state index in [4.69, 9.17) is 14.2 Å². The first-order chi connectivity index (χ1) is 8.75. The van der Waals surface area contributed by atoms with Crippen LogP contribution in [0, 0.1) is 0 Å². The summed E-state index contributed by atoms with van der Waals surface area (Å²) in [5.41, 5.74) is 0.836. The number of aliphatic hydroxyl groups excluding tert-OH is 1. The van der Waals surface area contributed by atoms with Gasteiger partial charge in [-0.15, -0.1) is 0 Å². The van der Waals surface area contributed by atoms with Crippen molar-refractivity contribution in [2.75, 3.05) is 13.2 Å². The Balaban J connectivity index is 1.75. The van der Waals surface area contributed by atoms with Crippen LogP contribution in [0.3, 0.4) is 0 Å². The molecule has 5 atom stereocenters. The van der Waals surface area contributed by atoms with E-state index in [2.05, 4.69) is 0 Å². The van der Waals surface area contributed by atoms with Crippen molar-refractivity contribution >= 4 is 0 Å². The van der Waals surface area contributed by atoms with Crippen LogP contribution in [0.15, 0.2) is 30.3 Å². The van der Waals surface area contributed by atoms with Crippen LogP contribution in [-0.2, 0) is 14.2 Å². The van der Waals surface area contributed by atoms with Gasteiger partial charge >= 0.3 is 0 Å². The number of ether oxygens (including phenoxy) is 3. The molecule has 0 amide bonds. The topological polar surface area (TPSA) is 47.9 Å². The van der Waals surface area contributed by atoms with Crippen molar-refractivity contribution in [3.63, 3.8) is 0 Å². The van der Waals surface area contributed by atoms with Gasteiger partial charge in [0.05, 0.1) is 13.2 Å². The highest BCUT2D eigenvalue weighted by atomic mass is 19.1. The van der Waals surface area contributed by atoms with Gasteiger partial charge < -0.3 is 19.3 Å². The fraction of sp³-hybridized carbons (Fsp3) is 0.538. The molecule has 0 radical (unpaired) electrons. The SMILES string of the molecule is OC1COC2COC(c3ccccc3)OC2C1F. The molecule has 18 heavy (non-hydrogen) atoms. The van der Waals surface area contributed by atoms with Gasteiger partial charge in [-0.05, 0) is 0 Å². The molecule has 0 bridgehead atoms.